The first kappa shape index (κ1) is 16.2. The fraction of sp³-hybridized carbons (Fsp3) is 0.333. The van der Waals surface area contributed by atoms with Gasteiger partial charge in [0, 0.05) is 11.8 Å². The summed E-state index contributed by atoms with van der Waals surface area (Å²) in [6, 6.07) is 2.21. The first-order valence-electron chi connectivity index (χ1n) is 7.39. The summed E-state index contributed by atoms with van der Waals surface area (Å²) >= 11 is 1.34. The molecule has 2 N–H and O–H groups in total. The van der Waals surface area contributed by atoms with Gasteiger partial charge in [0.1, 0.15) is 11.8 Å². The number of nitrogens with zero attached hydrogens (tertiary/aromatic N) is 2. The Bertz CT molecular complexity index is 755. The van der Waals surface area contributed by atoms with E-state index >= 15 is 0 Å². The number of hydrogen-bond acceptors (Lipinski definition) is 6. The average Bonchev–Trinajstić information content (AvgIpc) is 3.24. The molecule has 1 unspecified atom stereocenters. The third-order valence-electron chi connectivity index (χ3n) is 3.53. The van der Waals surface area contributed by atoms with E-state index in [0.717, 1.165) is 10.6 Å². The first-order valence-corrected chi connectivity index (χ1v) is 8.27. The van der Waals surface area contributed by atoms with E-state index in [9.17, 15) is 14.4 Å². The maximum atomic E-state index is 12.3. The molecule has 3 heterocycles. The Morgan fingerprint density at radius 1 is 1.50 bits per heavy atom. The predicted molar refractivity (Wildman–Crippen MR) is 86.3 cm³/mol. The Morgan fingerprint density at radius 3 is 3.00 bits per heavy atom. The highest BCUT2D eigenvalue weighted by atomic mass is 32.1. The number of urea groups is 1. The molecular formula is C15H16N4O4S. The van der Waals surface area contributed by atoms with Crippen molar-refractivity contribution >= 4 is 34.3 Å². The number of amides is 4. The summed E-state index contributed by atoms with van der Waals surface area (Å²) in [5.74, 6) is -0.0683. The van der Waals surface area contributed by atoms with Crippen molar-refractivity contribution in [2.45, 2.75) is 32.4 Å². The minimum Gasteiger partial charge on any atom is -0.467 e. The smallest absolute Gasteiger partial charge is 0.325 e. The molecule has 9 heteroatoms. The number of aryl methyl sites for hydroxylation is 1. The molecule has 2 aromatic rings. The number of anilines is 1. The van der Waals surface area contributed by atoms with Crippen LogP contribution >= 0.6 is 11.3 Å². The quantitative estimate of drug-likeness (QED) is 0.776. The molecule has 1 aliphatic heterocycles. The number of imide groups is 1. The van der Waals surface area contributed by atoms with Gasteiger partial charge in [0.25, 0.3) is 5.91 Å². The second-order valence-electron chi connectivity index (χ2n) is 5.39. The molecule has 1 aliphatic rings. The maximum Gasteiger partial charge on any atom is 0.325 e. The molecule has 0 radical (unpaired) electrons. The largest absolute Gasteiger partial charge is 0.467 e. The van der Waals surface area contributed by atoms with E-state index in [1.165, 1.54) is 17.6 Å². The highest BCUT2D eigenvalue weighted by Gasteiger charge is 2.38. The number of carbonyl (C=O) groups is 3. The first-order chi connectivity index (χ1) is 11.5. The van der Waals surface area contributed by atoms with Gasteiger partial charge in [-0.3, -0.25) is 14.5 Å². The summed E-state index contributed by atoms with van der Waals surface area (Å²) < 4.78 is 5.15. The number of thiazole rings is 1. The third kappa shape index (κ3) is 3.62. The van der Waals surface area contributed by atoms with E-state index in [0.29, 0.717) is 10.9 Å². The minimum atomic E-state index is -0.698. The van der Waals surface area contributed by atoms with Crippen LogP contribution in [0.5, 0.6) is 0 Å². The van der Waals surface area contributed by atoms with E-state index in [1.807, 2.05) is 12.3 Å². The molecule has 126 valence electrons. The summed E-state index contributed by atoms with van der Waals surface area (Å²) in [6.45, 7) is 1.92. The summed E-state index contributed by atoms with van der Waals surface area (Å²) in [7, 11) is 0. The van der Waals surface area contributed by atoms with Gasteiger partial charge in [0.15, 0.2) is 5.13 Å². The van der Waals surface area contributed by atoms with Gasteiger partial charge in [-0.2, -0.15) is 0 Å². The molecule has 0 bridgehead atoms. The predicted octanol–water partition coefficient (Wildman–Crippen LogP) is 1.88. The van der Waals surface area contributed by atoms with Gasteiger partial charge in [-0.1, -0.05) is 0 Å². The van der Waals surface area contributed by atoms with E-state index < -0.39 is 12.1 Å². The van der Waals surface area contributed by atoms with E-state index in [-0.39, 0.29) is 31.2 Å². The molecule has 1 fully saturated rings. The van der Waals surface area contributed by atoms with Crippen LogP contribution < -0.4 is 10.6 Å². The Labute approximate surface area is 141 Å². The van der Waals surface area contributed by atoms with Gasteiger partial charge in [-0.15, -0.1) is 11.3 Å². The minimum absolute atomic E-state index is 0.0821. The van der Waals surface area contributed by atoms with Crippen molar-refractivity contribution in [2.75, 3.05) is 5.32 Å². The molecule has 24 heavy (non-hydrogen) atoms. The van der Waals surface area contributed by atoms with Crippen LogP contribution in [-0.2, 0) is 16.1 Å². The number of furan rings is 1. The molecule has 2 aromatic heterocycles. The second kappa shape index (κ2) is 6.83. The highest BCUT2D eigenvalue weighted by Crippen LogP contribution is 2.17. The zero-order valence-corrected chi connectivity index (χ0v) is 13.8. The van der Waals surface area contributed by atoms with Crippen LogP contribution in [0.3, 0.4) is 0 Å². The summed E-state index contributed by atoms with van der Waals surface area (Å²) in [4.78, 5) is 41.3. The Kier molecular flexibility index (Phi) is 4.61. The monoisotopic (exact) mass is 348 g/mol. The van der Waals surface area contributed by atoms with Gasteiger partial charge in [0.2, 0.25) is 5.91 Å². The molecule has 0 saturated carbocycles. The molecule has 0 spiro atoms. The SMILES string of the molecule is Cc1csc(NC(=O)CCC2NC(=O)N(Cc3ccco3)C2=O)n1. The van der Waals surface area contributed by atoms with Crippen LogP contribution in [0.25, 0.3) is 0 Å². The summed E-state index contributed by atoms with van der Waals surface area (Å²) in [5.41, 5.74) is 0.835. The van der Waals surface area contributed by atoms with Crippen molar-refractivity contribution in [2.24, 2.45) is 0 Å². The highest BCUT2D eigenvalue weighted by molar-refractivity contribution is 7.13. The van der Waals surface area contributed by atoms with Crippen molar-refractivity contribution in [3.05, 3.63) is 35.2 Å². The number of rotatable bonds is 6. The molecule has 8 nitrogen and oxygen atoms in total. The van der Waals surface area contributed by atoms with Crippen molar-refractivity contribution in [1.82, 2.24) is 15.2 Å². The lowest BCUT2D eigenvalue weighted by atomic mass is 10.1. The fourth-order valence-corrected chi connectivity index (χ4v) is 3.05. The normalized spacial score (nSPS) is 17.2. The van der Waals surface area contributed by atoms with Crippen LogP contribution in [0.15, 0.2) is 28.2 Å². The number of carbonyl (C=O) groups excluding carboxylic acids is 3. The zero-order chi connectivity index (χ0) is 17.1. The summed E-state index contributed by atoms with van der Waals surface area (Å²) in [5, 5.41) is 7.63. The van der Waals surface area contributed by atoms with E-state index in [2.05, 4.69) is 15.6 Å². The zero-order valence-electron chi connectivity index (χ0n) is 12.9. The van der Waals surface area contributed by atoms with Crippen molar-refractivity contribution < 1.29 is 18.8 Å². The average molecular weight is 348 g/mol. The molecule has 0 aromatic carbocycles. The number of aromatic nitrogens is 1. The van der Waals surface area contributed by atoms with Crippen LogP contribution in [0.2, 0.25) is 0 Å². The van der Waals surface area contributed by atoms with Gasteiger partial charge >= 0.3 is 6.03 Å². The van der Waals surface area contributed by atoms with Gasteiger partial charge in [0.05, 0.1) is 18.5 Å². The van der Waals surface area contributed by atoms with Crippen LogP contribution in [0.4, 0.5) is 9.93 Å². The fourth-order valence-electron chi connectivity index (χ4n) is 2.35. The molecule has 1 atom stereocenters. The van der Waals surface area contributed by atoms with Crippen LogP contribution in [0, 0.1) is 6.92 Å². The molecular weight excluding hydrogens is 332 g/mol. The lowest BCUT2D eigenvalue weighted by Gasteiger charge is -2.11. The topological polar surface area (TPSA) is 105 Å². The van der Waals surface area contributed by atoms with Gasteiger partial charge < -0.3 is 15.1 Å². The molecule has 1 saturated heterocycles. The summed E-state index contributed by atoms with van der Waals surface area (Å²) in [6.07, 6.45) is 1.83. The lowest BCUT2D eigenvalue weighted by molar-refractivity contribution is -0.128. The van der Waals surface area contributed by atoms with E-state index in [1.54, 1.807) is 12.1 Å². The van der Waals surface area contributed by atoms with E-state index in [4.69, 9.17) is 4.42 Å². The Hall–Kier alpha value is -2.68. The van der Waals surface area contributed by atoms with Crippen molar-refractivity contribution in [3.8, 4) is 0 Å². The molecule has 0 aliphatic carbocycles. The number of nitrogens with one attached hydrogen (secondary N) is 2. The lowest BCUT2D eigenvalue weighted by Crippen LogP contribution is -2.31. The standard InChI is InChI=1S/C15H16N4O4S/c1-9-8-24-14(16-9)18-12(20)5-4-11-13(21)19(15(22)17-11)7-10-3-2-6-23-10/h2-3,6,8,11H,4-5,7H2,1H3,(H,17,22)(H,16,18,20). The van der Waals surface area contributed by atoms with Crippen LogP contribution in [-0.4, -0.2) is 33.8 Å². The maximum absolute atomic E-state index is 12.3. The van der Waals surface area contributed by atoms with Crippen LogP contribution in [0.1, 0.15) is 24.3 Å². The third-order valence-corrected chi connectivity index (χ3v) is 4.40. The number of hydrogen-bond donors (Lipinski definition) is 2. The second-order valence-corrected chi connectivity index (χ2v) is 6.24. The Balaban J connectivity index is 1.51. The molecule has 3 rings (SSSR count). The Morgan fingerprint density at radius 2 is 2.33 bits per heavy atom. The van der Waals surface area contributed by atoms with Crippen molar-refractivity contribution in [1.29, 1.82) is 0 Å². The van der Waals surface area contributed by atoms with Gasteiger partial charge in [-0.05, 0) is 25.5 Å². The molecule has 4 amide bonds. The van der Waals surface area contributed by atoms with Crippen molar-refractivity contribution in [3.63, 3.8) is 0 Å². The van der Waals surface area contributed by atoms with Gasteiger partial charge in [-0.25, -0.2) is 9.78 Å².